The number of anilines is 3. The van der Waals surface area contributed by atoms with Gasteiger partial charge in [-0.05, 0) is 82.1 Å². The number of nitrogens with zero attached hydrogens (tertiary/aromatic N) is 5. The molecule has 1 aromatic carbocycles. The fourth-order valence-electron chi connectivity index (χ4n) is 5.65. The van der Waals surface area contributed by atoms with Crippen molar-refractivity contribution in [1.29, 1.82) is 0 Å². The molecule has 3 fully saturated rings. The summed E-state index contributed by atoms with van der Waals surface area (Å²) in [5.41, 5.74) is 2.02. The second-order valence-corrected chi connectivity index (χ2v) is 12.2. The van der Waals surface area contributed by atoms with E-state index >= 15 is 0 Å². The van der Waals surface area contributed by atoms with Crippen molar-refractivity contribution in [3.8, 4) is 5.75 Å². The Morgan fingerprint density at radius 2 is 1.83 bits per heavy atom. The number of hydrogen-bond acceptors (Lipinski definition) is 10. The molecule has 10 nitrogen and oxygen atoms in total. The number of rotatable bonds is 11. The minimum absolute atomic E-state index is 0.283. The molecule has 2 aliphatic heterocycles. The maximum Gasteiger partial charge on any atom is 0.205 e. The van der Waals surface area contributed by atoms with E-state index in [2.05, 4.69) is 42.8 Å². The van der Waals surface area contributed by atoms with Gasteiger partial charge in [-0.1, -0.05) is 12.1 Å². The number of aromatic nitrogens is 4. The van der Waals surface area contributed by atoms with E-state index < -0.39 is 0 Å². The predicted octanol–water partition coefficient (Wildman–Crippen LogP) is 4.20. The van der Waals surface area contributed by atoms with Crippen LogP contribution in [0, 0.1) is 12.8 Å². The summed E-state index contributed by atoms with van der Waals surface area (Å²) in [7, 11) is 0. The molecule has 0 spiro atoms. The Labute approximate surface area is 246 Å². The second kappa shape index (κ2) is 12.8. The zero-order valence-electron chi connectivity index (χ0n) is 24.0. The topological polar surface area (TPSA) is 111 Å². The molecule has 3 aromatic rings. The van der Waals surface area contributed by atoms with Gasteiger partial charge >= 0.3 is 0 Å². The highest BCUT2D eigenvalue weighted by molar-refractivity contribution is 7.99. The van der Waals surface area contributed by atoms with Crippen molar-refractivity contribution >= 4 is 35.0 Å². The number of ether oxygens (including phenoxy) is 1. The zero-order chi connectivity index (χ0) is 28.2. The quantitative estimate of drug-likeness (QED) is 0.287. The summed E-state index contributed by atoms with van der Waals surface area (Å²) in [4.78, 5) is 28.2. The van der Waals surface area contributed by atoms with Gasteiger partial charge in [-0.2, -0.15) is 5.10 Å². The van der Waals surface area contributed by atoms with E-state index in [1.165, 1.54) is 24.6 Å². The fourth-order valence-corrected chi connectivity index (χ4v) is 6.40. The van der Waals surface area contributed by atoms with Crippen molar-refractivity contribution in [3.05, 3.63) is 41.6 Å². The van der Waals surface area contributed by atoms with Gasteiger partial charge < -0.3 is 20.3 Å². The molecular formula is C30H40N8O2S. The van der Waals surface area contributed by atoms with Crippen molar-refractivity contribution in [2.75, 3.05) is 56.1 Å². The van der Waals surface area contributed by atoms with Gasteiger partial charge in [-0.3, -0.25) is 14.8 Å². The molecule has 0 bridgehead atoms. The molecule has 1 saturated carbocycles. The molecule has 6 rings (SSSR count). The highest BCUT2D eigenvalue weighted by atomic mass is 32.2. The number of carbonyl (C=O) groups excluding carboxylic acids is 1. The lowest BCUT2D eigenvalue weighted by atomic mass is 10.0. The Hall–Kier alpha value is -3.15. The third-order valence-electron chi connectivity index (χ3n) is 8.05. The second-order valence-electron chi connectivity index (χ2n) is 11.2. The minimum Gasteiger partial charge on any atom is -0.487 e. The summed E-state index contributed by atoms with van der Waals surface area (Å²) in [6.07, 6.45) is 5.03. The summed E-state index contributed by atoms with van der Waals surface area (Å²) in [6.45, 7) is 10.4. The molecule has 3 aliphatic rings. The van der Waals surface area contributed by atoms with E-state index in [0.29, 0.717) is 47.4 Å². The molecule has 218 valence electrons. The lowest BCUT2D eigenvalue weighted by Crippen LogP contribution is -2.53. The van der Waals surface area contributed by atoms with E-state index in [0.717, 1.165) is 74.1 Å². The lowest BCUT2D eigenvalue weighted by Gasteiger charge is -2.41. The molecule has 41 heavy (non-hydrogen) atoms. The molecule has 3 N–H and O–H groups in total. The number of piperidine rings is 1. The average molecular weight is 577 g/mol. The van der Waals surface area contributed by atoms with Crippen LogP contribution in [0.15, 0.2) is 40.4 Å². The van der Waals surface area contributed by atoms with Crippen LogP contribution in [-0.4, -0.2) is 82.8 Å². The number of aromatic amines is 1. The summed E-state index contributed by atoms with van der Waals surface area (Å²) in [5.74, 6) is 3.40. The summed E-state index contributed by atoms with van der Waals surface area (Å²) < 4.78 is 6.20. The van der Waals surface area contributed by atoms with Gasteiger partial charge in [-0.15, -0.1) is 0 Å². The standard InChI is InChI=1S/C30H40N8O2S/c1-3-40-27-28(32-26-18-20(2)35-36-26)33-30(41-24-8-4-21(5-9-24)19-25(39)22-6-7-22)34-29(27)38-16-14-37(15-17-38)23-10-12-31-13-11-23/h4-5,8-9,18,22-23,31H,3,6-7,10-17,19H2,1-2H3,(H2,32,33,34,35,36). The van der Waals surface area contributed by atoms with Gasteiger partial charge in [0, 0.05) is 61.2 Å². The highest BCUT2D eigenvalue weighted by Gasteiger charge is 2.30. The first-order valence-electron chi connectivity index (χ1n) is 14.9. The Balaban J connectivity index is 1.25. The van der Waals surface area contributed by atoms with Gasteiger partial charge in [0.15, 0.2) is 22.6 Å². The van der Waals surface area contributed by atoms with Crippen LogP contribution < -0.4 is 20.3 Å². The van der Waals surface area contributed by atoms with Gasteiger partial charge in [0.05, 0.1) is 6.61 Å². The van der Waals surface area contributed by atoms with Gasteiger partial charge in [0.2, 0.25) is 5.75 Å². The Kier molecular flexibility index (Phi) is 8.73. The van der Waals surface area contributed by atoms with Crippen molar-refractivity contribution in [2.45, 2.75) is 62.0 Å². The molecule has 2 aromatic heterocycles. The Morgan fingerprint density at radius 1 is 1.07 bits per heavy atom. The van der Waals surface area contributed by atoms with Gasteiger partial charge in [0.1, 0.15) is 5.78 Å². The number of aryl methyl sites for hydroxylation is 1. The van der Waals surface area contributed by atoms with Gasteiger partial charge in [-0.25, -0.2) is 9.97 Å². The van der Waals surface area contributed by atoms with Crippen LogP contribution in [0.1, 0.15) is 43.9 Å². The summed E-state index contributed by atoms with van der Waals surface area (Å²) >= 11 is 1.52. The highest BCUT2D eigenvalue weighted by Crippen LogP contribution is 2.39. The van der Waals surface area contributed by atoms with Crippen LogP contribution in [0.25, 0.3) is 0 Å². The number of hydrogen-bond donors (Lipinski definition) is 3. The fraction of sp³-hybridized carbons (Fsp3) is 0.533. The van der Waals surface area contributed by atoms with E-state index in [-0.39, 0.29) is 5.92 Å². The van der Waals surface area contributed by atoms with E-state index in [9.17, 15) is 4.79 Å². The van der Waals surface area contributed by atoms with Crippen LogP contribution >= 0.6 is 11.8 Å². The van der Waals surface area contributed by atoms with Gasteiger partial charge in [0.25, 0.3) is 0 Å². The maximum absolute atomic E-state index is 12.3. The Bertz CT molecular complexity index is 1330. The van der Waals surface area contributed by atoms with Crippen LogP contribution in [0.5, 0.6) is 5.75 Å². The Morgan fingerprint density at radius 3 is 2.49 bits per heavy atom. The number of nitrogens with one attached hydrogen (secondary N) is 3. The number of benzene rings is 1. The monoisotopic (exact) mass is 576 g/mol. The SMILES string of the molecule is CCOc1c(Nc2cc(C)[nH]n2)nc(Sc2ccc(CC(=O)C3CC3)cc2)nc1N1CCN(C2CCNCC2)CC1. The van der Waals surface area contributed by atoms with Crippen molar-refractivity contribution in [3.63, 3.8) is 0 Å². The number of Topliss-reactive ketones (excluding diaryl/α,β-unsaturated/α-hetero) is 1. The number of ketones is 1. The maximum atomic E-state index is 12.3. The smallest absolute Gasteiger partial charge is 0.205 e. The van der Waals surface area contributed by atoms with Crippen LogP contribution in [-0.2, 0) is 11.2 Å². The van der Waals surface area contributed by atoms with Crippen LogP contribution in [0.2, 0.25) is 0 Å². The van der Waals surface area contributed by atoms with Crippen molar-refractivity contribution in [1.82, 2.24) is 30.4 Å². The normalized spacial score (nSPS) is 18.4. The zero-order valence-corrected chi connectivity index (χ0v) is 24.8. The molecule has 4 heterocycles. The molecule has 11 heteroatoms. The molecule has 0 atom stereocenters. The summed E-state index contributed by atoms with van der Waals surface area (Å²) in [5, 5.41) is 14.9. The lowest BCUT2D eigenvalue weighted by molar-refractivity contribution is -0.119. The first kappa shape index (κ1) is 28.0. The first-order valence-corrected chi connectivity index (χ1v) is 15.7. The van der Waals surface area contributed by atoms with E-state index in [4.69, 9.17) is 14.7 Å². The number of piperazine rings is 1. The van der Waals surface area contributed by atoms with Crippen LogP contribution in [0.3, 0.4) is 0 Å². The molecule has 0 radical (unpaired) electrons. The molecule has 0 unspecified atom stereocenters. The largest absolute Gasteiger partial charge is 0.487 e. The van der Waals surface area contributed by atoms with Crippen LogP contribution in [0.4, 0.5) is 17.5 Å². The molecule has 0 amide bonds. The first-order chi connectivity index (χ1) is 20.1. The van der Waals surface area contributed by atoms with E-state index in [1.54, 1.807) is 0 Å². The molecule has 2 saturated heterocycles. The number of H-pyrrole nitrogens is 1. The third kappa shape index (κ3) is 7.02. The minimum atomic E-state index is 0.283. The molecular weight excluding hydrogens is 536 g/mol. The van der Waals surface area contributed by atoms with E-state index in [1.807, 2.05) is 32.0 Å². The van der Waals surface area contributed by atoms with Crippen molar-refractivity contribution in [2.24, 2.45) is 5.92 Å². The summed E-state index contributed by atoms with van der Waals surface area (Å²) in [6, 6.07) is 10.8. The number of carbonyl (C=O) groups is 1. The average Bonchev–Trinajstić information content (AvgIpc) is 3.77. The van der Waals surface area contributed by atoms with Crippen molar-refractivity contribution < 1.29 is 9.53 Å². The predicted molar refractivity (Wildman–Crippen MR) is 161 cm³/mol. The third-order valence-corrected chi connectivity index (χ3v) is 8.92. The molecule has 1 aliphatic carbocycles.